The van der Waals surface area contributed by atoms with Crippen LogP contribution in [0.2, 0.25) is 0 Å². The van der Waals surface area contributed by atoms with Gasteiger partial charge in [0, 0.05) is 30.4 Å². The average molecular weight is 308 g/mol. The maximum absolute atomic E-state index is 4.65. The molecule has 5 rings (SSSR count). The molecule has 0 N–H and O–H groups in total. The second-order valence-electron chi connectivity index (χ2n) is 6.09. The molecule has 0 aromatic carbocycles. The maximum Gasteiger partial charge on any atom is 0.141 e. The Hall–Kier alpha value is -2.01. The molecule has 1 aliphatic heterocycles. The highest BCUT2D eigenvalue weighted by Crippen LogP contribution is 2.40. The molecular weight excluding hydrogens is 292 g/mol. The number of thiophene rings is 1. The van der Waals surface area contributed by atoms with Gasteiger partial charge in [0.2, 0.25) is 0 Å². The van der Waals surface area contributed by atoms with Gasteiger partial charge in [0.1, 0.15) is 17.0 Å². The van der Waals surface area contributed by atoms with Crippen molar-refractivity contribution >= 4 is 27.4 Å². The number of hydrogen-bond acceptors (Lipinski definition) is 5. The van der Waals surface area contributed by atoms with Gasteiger partial charge in [-0.2, -0.15) is 0 Å². The summed E-state index contributed by atoms with van der Waals surface area (Å²) in [6.45, 7) is 1.83. The summed E-state index contributed by atoms with van der Waals surface area (Å²) in [5.41, 5.74) is 4.19. The molecule has 22 heavy (non-hydrogen) atoms. The molecule has 0 unspecified atom stereocenters. The van der Waals surface area contributed by atoms with Gasteiger partial charge in [-0.15, -0.1) is 11.3 Å². The van der Waals surface area contributed by atoms with Gasteiger partial charge in [0.25, 0.3) is 0 Å². The van der Waals surface area contributed by atoms with Crippen molar-refractivity contribution in [2.45, 2.75) is 38.8 Å². The van der Waals surface area contributed by atoms with Crippen molar-refractivity contribution in [1.82, 2.24) is 15.0 Å². The van der Waals surface area contributed by atoms with Crippen LogP contribution >= 0.6 is 11.3 Å². The Morgan fingerprint density at radius 3 is 2.91 bits per heavy atom. The van der Waals surface area contributed by atoms with Crippen LogP contribution in [0.1, 0.15) is 34.4 Å². The maximum atomic E-state index is 4.65. The highest BCUT2D eigenvalue weighted by atomic mass is 32.1. The molecule has 2 aliphatic rings. The van der Waals surface area contributed by atoms with Gasteiger partial charge in [-0.3, -0.25) is 4.98 Å². The normalized spacial score (nSPS) is 16.8. The molecule has 0 amide bonds. The number of rotatable bonds is 1. The van der Waals surface area contributed by atoms with Crippen LogP contribution in [0.15, 0.2) is 24.8 Å². The lowest BCUT2D eigenvalue weighted by Crippen LogP contribution is -2.17. The van der Waals surface area contributed by atoms with Gasteiger partial charge in [-0.05, 0) is 48.4 Å². The minimum absolute atomic E-state index is 0.903. The topological polar surface area (TPSA) is 41.9 Å². The van der Waals surface area contributed by atoms with E-state index in [4.69, 9.17) is 0 Å². The predicted octanol–water partition coefficient (Wildman–Crippen LogP) is 3.49. The van der Waals surface area contributed by atoms with E-state index in [1.54, 1.807) is 6.33 Å². The average Bonchev–Trinajstić information content (AvgIpc) is 3.15. The van der Waals surface area contributed by atoms with E-state index in [1.807, 2.05) is 23.7 Å². The fourth-order valence-electron chi connectivity index (χ4n) is 3.68. The summed E-state index contributed by atoms with van der Waals surface area (Å²) < 4.78 is 0. The Kier molecular flexibility index (Phi) is 2.70. The van der Waals surface area contributed by atoms with E-state index < -0.39 is 0 Å². The van der Waals surface area contributed by atoms with Gasteiger partial charge in [0.05, 0.1) is 5.39 Å². The Balaban J connectivity index is 1.65. The van der Waals surface area contributed by atoms with Crippen LogP contribution in [0, 0.1) is 0 Å². The first-order valence-corrected chi connectivity index (χ1v) is 8.64. The zero-order chi connectivity index (χ0) is 14.5. The molecular formula is C17H16N4S. The molecule has 0 bridgehead atoms. The Labute approximate surface area is 132 Å². The lowest BCUT2D eigenvalue weighted by Gasteiger charge is -2.19. The first-order chi connectivity index (χ1) is 10.9. The zero-order valence-corrected chi connectivity index (χ0v) is 13.1. The Morgan fingerprint density at radius 2 is 1.95 bits per heavy atom. The number of aryl methyl sites for hydroxylation is 2. The van der Waals surface area contributed by atoms with E-state index in [0.717, 1.165) is 23.7 Å². The minimum atomic E-state index is 0.903. The molecule has 4 nitrogen and oxygen atoms in total. The predicted molar refractivity (Wildman–Crippen MR) is 88.2 cm³/mol. The summed E-state index contributed by atoms with van der Waals surface area (Å²) in [4.78, 5) is 18.5. The van der Waals surface area contributed by atoms with Crippen LogP contribution in [-0.2, 0) is 25.9 Å². The third-order valence-electron chi connectivity index (χ3n) is 4.76. The van der Waals surface area contributed by atoms with Gasteiger partial charge >= 0.3 is 0 Å². The lowest BCUT2D eigenvalue weighted by molar-refractivity contribution is 0.700. The van der Waals surface area contributed by atoms with Crippen LogP contribution < -0.4 is 4.90 Å². The standard InChI is InChI=1S/C17H16N4S/c1-2-4-14-13(3-1)15-16(19-10-20-17(15)22-14)21-8-11-5-6-18-7-12(11)9-21/h5-7,10H,1-4,8-9H2. The second kappa shape index (κ2) is 4.74. The summed E-state index contributed by atoms with van der Waals surface area (Å²) >= 11 is 1.87. The summed E-state index contributed by atoms with van der Waals surface area (Å²) in [5, 5.41) is 1.31. The third-order valence-corrected chi connectivity index (χ3v) is 5.96. The van der Waals surface area contributed by atoms with E-state index in [1.165, 1.54) is 52.6 Å². The third kappa shape index (κ3) is 1.78. The van der Waals surface area contributed by atoms with Crippen molar-refractivity contribution in [3.63, 3.8) is 0 Å². The number of pyridine rings is 1. The quantitative estimate of drug-likeness (QED) is 0.690. The Bertz CT molecular complexity index is 845. The van der Waals surface area contributed by atoms with Crippen molar-refractivity contribution in [2.24, 2.45) is 0 Å². The minimum Gasteiger partial charge on any atom is -0.347 e. The monoisotopic (exact) mass is 308 g/mol. The van der Waals surface area contributed by atoms with Gasteiger partial charge in [-0.25, -0.2) is 9.97 Å². The lowest BCUT2D eigenvalue weighted by atomic mass is 9.97. The highest BCUT2D eigenvalue weighted by molar-refractivity contribution is 7.19. The largest absolute Gasteiger partial charge is 0.347 e. The van der Waals surface area contributed by atoms with E-state index in [9.17, 15) is 0 Å². The van der Waals surface area contributed by atoms with Crippen molar-refractivity contribution < 1.29 is 0 Å². The van der Waals surface area contributed by atoms with Crippen LogP contribution in [0.25, 0.3) is 10.2 Å². The van der Waals surface area contributed by atoms with Crippen LogP contribution in [-0.4, -0.2) is 15.0 Å². The van der Waals surface area contributed by atoms with Crippen molar-refractivity contribution in [3.8, 4) is 0 Å². The van der Waals surface area contributed by atoms with Crippen LogP contribution in [0.4, 0.5) is 5.82 Å². The van der Waals surface area contributed by atoms with Gasteiger partial charge < -0.3 is 4.90 Å². The molecule has 3 aromatic heterocycles. The molecule has 0 fully saturated rings. The van der Waals surface area contributed by atoms with E-state index in [-0.39, 0.29) is 0 Å². The number of nitrogens with zero attached hydrogens (tertiary/aromatic N) is 4. The van der Waals surface area contributed by atoms with Crippen molar-refractivity contribution in [1.29, 1.82) is 0 Å². The number of aromatic nitrogens is 3. The molecule has 5 heteroatoms. The zero-order valence-electron chi connectivity index (χ0n) is 12.2. The van der Waals surface area contributed by atoms with Gasteiger partial charge in [0.15, 0.2) is 0 Å². The number of anilines is 1. The Morgan fingerprint density at radius 1 is 1.05 bits per heavy atom. The molecule has 4 heterocycles. The summed E-state index contributed by atoms with van der Waals surface area (Å²) in [7, 11) is 0. The molecule has 110 valence electrons. The first-order valence-electron chi connectivity index (χ1n) is 7.82. The second-order valence-corrected chi connectivity index (χ2v) is 7.17. The fourth-order valence-corrected chi connectivity index (χ4v) is 4.91. The van der Waals surface area contributed by atoms with Gasteiger partial charge in [-0.1, -0.05) is 0 Å². The molecule has 1 aliphatic carbocycles. The fraction of sp³-hybridized carbons (Fsp3) is 0.353. The van der Waals surface area contributed by atoms with E-state index in [2.05, 4.69) is 25.9 Å². The van der Waals surface area contributed by atoms with E-state index >= 15 is 0 Å². The van der Waals surface area contributed by atoms with E-state index in [0.29, 0.717) is 0 Å². The van der Waals surface area contributed by atoms with Crippen LogP contribution in [0.5, 0.6) is 0 Å². The molecule has 0 radical (unpaired) electrons. The number of hydrogen-bond donors (Lipinski definition) is 0. The summed E-state index contributed by atoms with van der Waals surface area (Å²) in [6, 6.07) is 2.12. The van der Waals surface area contributed by atoms with Crippen molar-refractivity contribution in [2.75, 3.05) is 4.90 Å². The van der Waals surface area contributed by atoms with Crippen LogP contribution in [0.3, 0.4) is 0 Å². The smallest absolute Gasteiger partial charge is 0.141 e. The number of fused-ring (bicyclic) bond motifs is 4. The molecule has 0 saturated carbocycles. The highest BCUT2D eigenvalue weighted by Gasteiger charge is 2.26. The summed E-state index contributed by atoms with van der Waals surface area (Å²) in [6.07, 6.45) is 10.6. The molecule has 0 atom stereocenters. The molecule has 0 saturated heterocycles. The summed E-state index contributed by atoms with van der Waals surface area (Å²) in [5.74, 6) is 1.11. The molecule has 3 aromatic rings. The SMILES string of the molecule is c1cc2c(cn1)CN(c1ncnc3sc4c(c13)CCCC4)C2. The first kappa shape index (κ1) is 12.5. The molecule has 0 spiro atoms. The van der Waals surface area contributed by atoms with Crippen molar-refractivity contribution in [3.05, 3.63) is 46.4 Å².